The van der Waals surface area contributed by atoms with Gasteiger partial charge in [0.15, 0.2) is 0 Å². The van der Waals surface area contributed by atoms with Crippen molar-refractivity contribution in [2.75, 3.05) is 11.4 Å². The number of rotatable bonds is 2. The lowest BCUT2D eigenvalue weighted by Crippen LogP contribution is -2.35. The number of amides is 1. The predicted molar refractivity (Wildman–Crippen MR) is 80.4 cm³/mol. The quantitative estimate of drug-likeness (QED) is 0.902. The molecule has 6 heteroatoms. The van der Waals surface area contributed by atoms with Gasteiger partial charge >= 0.3 is 0 Å². The number of primary sulfonamides is 1. The maximum Gasteiger partial charge on any atom is 0.238 e. The maximum absolute atomic E-state index is 12.7. The van der Waals surface area contributed by atoms with E-state index in [1.54, 1.807) is 12.1 Å². The zero-order chi connectivity index (χ0) is 15.2. The van der Waals surface area contributed by atoms with Crippen molar-refractivity contribution < 1.29 is 13.2 Å². The van der Waals surface area contributed by atoms with Gasteiger partial charge in [-0.2, -0.15) is 0 Å². The van der Waals surface area contributed by atoms with Crippen LogP contribution in [0.15, 0.2) is 23.1 Å². The molecular weight excluding hydrogens is 288 g/mol. The van der Waals surface area contributed by atoms with Crippen molar-refractivity contribution in [2.24, 2.45) is 17.0 Å². The van der Waals surface area contributed by atoms with Crippen molar-refractivity contribution >= 4 is 21.6 Å². The number of nitrogens with zero attached hydrogens (tertiary/aromatic N) is 1. The summed E-state index contributed by atoms with van der Waals surface area (Å²) in [5.74, 6) is 0.723. The molecule has 1 aromatic rings. The van der Waals surface area contributed by atoms with E-state index in [0.29, 0.717) is 18.9 Å². The van der Waals surface area contributed by atoms with Crippen LogP contribution in [-0.4, -0.2) is 20.9 Å². The number of hydrogen-bond donors (Lipinski definition) is 1. The fraction of sp³-hybridized carbons (Fsp3) is 0.533. The molecule has 1 aromatic carbocycles. The topological polar surface area (TPSA) is 80.5 Å². The molecular formula is C15H20N2O3S. The van der Waals surface area contributed by atoms with Gasteiger partial charge in [-0.1, -0.05) is 13.3 Å². The third-order valence-electron chi connectivity index (χ3n) is 4.72. The Bertz CT molecular complexity index is 684. The molecule has 5 nitrogen and oxygen atoms in total. The molecule has 1 saturated carbocycles. The van der Waals surface area contributed by atoms with Gasteiger partial charge in [-0.15, -0.1) is 0 Å². The van der Waals surface area contributed by atoms with Gasteiger partial charge in [0.05, 0.1) is 4.90 Å². The van der Waals surface area contributed by atoms with Crippen LogP contribution < -0.4 is 10.0 Å². The van der Waals surface area contributed by atoms with Crippen molar-refractivity contribution in [1.82, 2.24) is 0 Å². The molecule has 3 rings (SSSR count). The highest BCUT2D eigenvalue weighted by Gasteiger charge is 2.35. The van der Waals surface area contributed by atoms with Crippen LogP contribution in [-0.2, 0) is 21.2 Å². The lowest BCUT2D eigenvalue weighted by atomic mass is 9.96. The summed E-state index contributed by atoms with van der Waals surface area (Å²) in [6.45, 7) is 2.77. The third-order valence-corrected chi connectivity index (χ3v) is 5.63. The molecule has 0 radical (unpaired) electrons. The monoisotopic (exact) mass is 308 g/mol. The van der Waals surface area contributed by atoms with Crippen molar-refractivity contribution in [2.45, 2.75) is 37.5 Å². The van der Waals surface area contributed by atoms with E-state index in [4.69, 9.17) is 5.14 Å². The van der Waals surface area contributed by atoms with Crippen LogP contribution >= 0.6 is 0 Å². The standard InChI is InChI=1S/C15H20N2O3S/c1-10-3-2-4-13(10)15(18)17-8-7-11-9-12(21(16,19)20)5-6-14(11)17/h5-6,9-10,13H,2-4,7-8H2,1H3,(H2,16,19,20). The normalized spacial score (nSPS) is 25.1. The van der Waals surface area contributed by atoms with E-state index in [-0.39, 0.29) is 16.7 Å². The SMILES string of the molecule is CC1CCCC1C(=O)N1CCc2cc(S(N)(=O)=O)ccc21. The summed E-state index contributed by atoms with van der Waals surface area (Å²) in [6.07, 6.45) is 3.87. The third kappa shape index (κ3) is 2.58. The van der Waals surface area contributed by atoms with E-state index < -0.39 is 10.0 Å². The van der Waals surface area contributed by atoms with E-state index in [9.17, 15) is 13.2 Å². The van der Waals surface area contributed by atoms with E-state index in [1.807, 2.05) is 4.90 Å². The number of hydrogen-bond acceptors (Lipinski definition) is 3. The molecule has 2 atom stereocenters. The molecule has 1 fully saturated rings. The smallest absolute Gasteiger partial charge is 0.238 e. The summed E-state index contributed by atoms with van der Waals surface area (Å²) in [5, 5.41) is 5.15. The largest absolute Gasteiger partial charge is 0.312 e. The predicted octanol–water partition coefficient (Wildman–Crippen LogP) is 1.66. The van der Waals surface area contributed by atoms with E-state index >= 15 is 0 Å². The first-order chi connectivity index (χ1) is 9.88. The lowest BCUT2D eigenvalue weighted by molar-refractivity contribution is -0.123. The van der Waals surface area contributed by atoms with Crippen LogP contribution in [0.3, 0.4) is 0 Å². The minimum atomic E-state index is -3.69. The molecule has 2 aliphatic rings. The average molecular weight is 308 g/mol. The van der Waals surface area contributed by atoms with Gasteiger partial charge in [0.2, 0.25) is 15.9 Å². The molecule has 2 unspecified atom stereocenters. The van der Waals surface area contributed by atoms with Crippen molar-refractivity contribution in [3.8, 4) is 0 Å². The van der Waals surface area contributed by atoms with Gasteiger partial charge in [-0.25, -0.2) is 13.6 Å². The summed E-state index contributed by atoms with van der Waals surface area (Å²) in [4.78, 5) is 14.6. The van der Waals surface area contributed by atoms with Crippen LogP contribution in [0.1, 0.15) is 31.7 Å². The number of anilines is 1. The number of fused-ring (bicyclic) bond motifs is 1. The molecule has 2 N–H and O–H groups in total. The Hall–Kier alpha value is -1.40. The average Bonchev–Trinajstić information content (AvgIpc) is 3.02. The molecule has 1 heterocycles. The molecule has 0 spiro atoms. The molecule has 21 heavy (non-hydrogen) atoms. The first-order valence-electron chi connectivity index (χ1n) is 7.35. The van der Waals surface area contributed by atoms with Crippen LogP contribution in [0.2, 0.25) is 0 Å². The van der Waals surface area contributed by atoms with E-state index in [0.717, 1.165) is 30.5 Å². The Morgan fingerprint density at radius 1 is 1.33 bits per heavy atom. The summed E-state index contributed by atoms with van der Waals surface area (Å²) >= 11 is 0. The summed E-state index contributed by atoms with van der Waals surface area (Å²) < 4.78 is 22.8. The zero-order valence-electron chi connectivity index (χ0n) is 12.1. The number of nitrogens with two attached hydrogens (primary N) is 1. The molecule has 114 valence electrons. The number of benzene rings is 1. The Morgan fingerprint density at radius 2 is 2.10 bits per heavy atom. The van der Waals surface area contributed by atoms with Gasteiger partial charge in [0.1, 0.15) is 0 Å². The molecule has 1 aliphatic heterocycles. The highest BCUT2D eigenvalue weighted by atomic mass is 32.2. The van der Waals surface area contributed by atoms with Crippen molar-refractivity contribution in [3.05, 3.63) is 23.8 Å². The highest BCUT2D eigenvalue weighted by molar-refractivity contribution is 7.89. The molecule has 0 saturated heterocycles. The fourth-order valence-electron chi connectivity index (χ4n) is 3.50. The van der Waals surface area contributed by atoms with Gasteiger partial charge in [-0.05, 0) is 48.9 Å². The molecule has 0 bridgehead atoms. The van der Waals surface area contributed by atoms with Crippen LogP contribution in [0.4, 0.5) is 5.69 Å². The number of carbonyl (C=O) groups is 1. The molecule has 1 aliphatic carbocycles. The zero-order valence-corrected chi connectivity index (χ0v) is 12.9. The lowest BCUT2D eigenvalue weighted by Gasteiger charge is -2.23. The van der Waals surface area contributed by atoms with E-state index in [2.05, 4.69) is 6.92 Å². The first kappa shape index (κ1) is 14.5. The maximum atomic E-state index is 12.7. The minimum Gasteiger partial charge on any atom is -0.312 e. The second kappa shape index (κ2) is 5.10. The Morgan fingerprint density at radius 3 is 2.71 bits per heavy atom. The highest BCUT2D eigenvalue weighted by Crippen LogP contribution is 2.37. The Kier molecular flexibility index (Phi) is 3.53. The number of carbonyl (C=O) groups excluding carboxylic acids is 1. The Labute approximate surface area is 125 Å². The summed E-state index contributed by atoms with van der Waals surface area (Å²) in [6, 6.07) is 4.79. The van der Waals surface area contributed by atoms with E-state index in [1.165, 1.54) is 6.07 Å². The summed E-state index contributed by atoms with van der Waals surface area (Å²) in [7, 11) is -3.69. The summed E-state index contributed by atoms with van der Waals surface area (Å²) in [5.41, 5.74) is 1.73. The second-order valence-electron chi connectivity index (χ2n) is 6.09. The van der Waals surface area contributed by atoms with Gasteiger partial charge < -0.3 is 4.90 Å². The Balaban J connectivity index is 1.89. The van der Waals surface area contributed by atoms with Crippen LogP contribution in [0.25, 0.3) is 0 Å². The van der Waals surface area contributed by atoms with Gasteiger partial charge in [0.25, 0.3) is 0 Å². The number of sulfonamides is 1. The van der Waals surface area contributed by atoms with Crippen molar-refractivity contribution in [1.29, 1.82) is 0 Å². The molecule has 1 amide bonds. The molecule has 0 aromatic heterocycles. The van der Waals surface area contributed by atoms with Crippen molar-refractivity contribution in [3.63, 3.8) is 0 Å². The second-order valence-corrected chi connectivity index (χ2v) is 7.65. The van der Waals surface area contributed by atoms with Crippen LogP contribution in [0.5, 0.6) is 0 Å². The van der Waals surface area contributed by atoms with Gasteiger partial charge in [0, 0.05) is 18.2 Å². The minimum absolute atomic E-state index is 0.105. The fourth-order valence-corrected chi connectivity index (χ4v) is 4.06. The van der Waals surface area contributed by atoms with Crippen LogP contribution in [0, 0.1) is 11.8 Å². The first-order valence-corrected chi connectivity index (χ1v) is 8.89. The van der Waals surface area contributed by atoms with Gasteiger partial charge in [-0.3, -0.25) is 4.79 Å².